The molecule has 3 rings (SSSR count). The number of allylic oxidation sites excluding steroid dienone is 2. The summed E-state index contributed by atoms with van der Waals surface area (Å²) in [7, 11) is -4.19. The molecule has 1 atom stereocenters. The van der Waals surface area contributed by atoms with Crippen LogP contribution in [-0.2, 0) is 32.6 Å². The fourth-order valence-electron chi connectivity index (χ4n) is 3.67. The van der Waals surface area contributed by atoms with E-state index in [1.165, 1.54) is 35.2 Å². The molecule has 1 heterocycles. The van der Waals surface area contributed by atoms with E-state index in [2.05, 4.69) is 5.10 Å². The third kappa shape index (κ3) is 8.24. The highest BCUT2D eigenvalue weighted by molar-refractivity contribution is 7.93. The number of benzene rings is 2. The number of nitrogens with one attached hydrogen (secondary N) is 1. The van der Waals surface area contributed by atoms with Crippen molar-refractivity contribution in [1.29, 1.82) is 0 Å². The smallest absolute Gasteiger partial charge is 0.257 e. The number of hydrogen-bond acceptors (Lipinski definition) is 5. The van der Waals surface area contributed by atoms with E-state index in [4.69, 9.17) is 0 Å². The fourth-order valence-corrected chi connectivity index (χ4v) is 4.50. The lowest BCUT2D eigenvalue weighted by atomic mass is 9.99. The number of sulfonamides is 1. The maximum absolute atomic E-state index is 13.6. The van der Waals surface area contributed by atoms with E-state index in [-0.39, 0.29) is 13.0 Å². The van der Waals surface area contributed by atoms with Gasteiger partial charge in [0, 0.05) is 18.4 Å². The first-order valence-electron chi connectivity index (χ1n) is 12.1. The summed E-state index contributed by atoms with van der Waals surface area (Å²) < 4.78 is 42.5. The standard InChI is InChI=1S/C28H31FN4O4S/c1-4-33(25-12-10-24(29)11-13-25)28(35)26(18-23-19-30-32(20-23)16-14-21(2)3)27(34)31-38(36,37)17-15-22-8-6-5-7-9-22/h5-15,17,19-20,26H,4,16,18H2,1-3H3,(H,31,34). The first-order valence-corrected chi connectivity index (χ1v) is 13.6. The van der Waals surface area contributed by atoms with Crippen LogP contribution in [0, 0.1) is 11.7 Å². The molecule has 2 amide bonds. The van der Waals surface area contributed by atoms with Crippen molar-refractivity contribution >= 4 is 33.6 Å². The average Bonchev–Trinajstić information content (AvgIpc) is 3.34. The van der Waals surface area contributed by atoms with Gasteiger partial charge >= 0.3 is 0 Å². The van der Waals surface area contributed by atoms with Crippen LogP contribution in [0.5, 0.6) is 0 Å². The average molecular weight is 539 g/mol. The molecule has 2 aromatic carbocycles. The van der Waals surface area contributed by atoms with Gasteiger partial charge in [-0.25, -0.2) is 17.5 Å². The Morgan fingerprint density at radius 3 is 2.42 bits per heavy atom. The number of halogens is 1. The van der Waals surface area contributed by atoms with Gasteiger partial charge in [-0.1, -0.05) is 42.0 Å². The first-order chi connectivity index (χ1) is 18.1. The van der Waals surface area contributed by atoms with Crippen molar-refractivity contribution in [2.75, 3.05) is 11.4 Å². The van der Waals surface area contributed by atoms with Gasteiger partial charge in [0.15, 0.2) is 0 Å². The Kier molecular flexibility index (Phi) is 9.72. The normalized spacial score (nSPS) is 12.2. The van der Waals surface area contributed by atoms with Crippen molar-refractivity contribution in [2.45, 2.75) is 33.7 Å². The number of carbonyl (C=O) groups excluding carboxylic acids is 2. The molecule has 8 nitrogen and oxygen atoms in total. The molecule has 0 aliphatic carbocycles. The van der Waals surface area contributed by atoms with Gasteiger partial charge in [-0.2, -0.15) is 5.10 Å². The maximum Gasteiger partial charge on any atom is 0.257 e. The summed E-state index contributed by atoms with van der Waals surface area (Å²) in [6.07, 6.45) is 6.52. The number of nitrogens with zero attached hydrogens (tertiary/aromatic N) is 3. The lowest BCUT2D eigenvalue weighted by Crippen LogP contribution is -2.46. The molecule has 1 N–H and O–H groups in total. The summed E-state index contributed by atoms with van der Waals surface area (Å²) in [6.45, 7) is 6.35. The van der Waals surface area contributed by atoms with Crippen LogP contribution < -0.4 is 9.62 Å². The van der Waals surface area contributed by atoms with Crippen LogP contribution in [0.4, 0.5) is 10.1 Å². The molecule has 1 unspecified atom stereocenters. The number of rotatable bonds is 11. The summed E-state index contributed by atoms with van der Waals surface area (Å²) in [4.78, 5) is 28.2. The number of carbonyl (C=O) groups is 2. The van der Waals surface area contributed by atoms with Gasteiger partial charge < -0.3 is 4.90 Å². The molecule has 3 aromatic rings. The lowest BCUT2D eigenvalue weighted by molar-refractivity contribution is -0.132. The quantitative estimate of drug-likeness (QED) is 0.290. The molecule has 0 aliphatic heterocycles. The Balaban J connectivity index is 1.88. The number of hydrogen-bond donors (Lipinski definition) is 1. The topological polar surface area (TPSA) is 101 Å². The molecule has 1 aromatic heterocycles. The third-order valence-electron chi connectivity index (χ3n) is 5.63. The Bertz CT molecular complexity index is 1410. The minimum absolute atomic E-state index is 0.0743. The Morgan fingerprint density at radius 1 is 1.11 bits per heavy atom. The number of aromatic nitrogens is 2. The predicted octanol–water partition coefficient (Wildman–Crippen LogP) is 4.32. The molecule has 38 heavy (non-hydrogen) atoms. The Morgan fingerprint density at radius 2 is 1.79 bits per heavy atom. The van der Waals surface area contributed by atoms with Gasteiger partial charge in [0.05, 0.1) is 18.1 Å². The van der Waals surface area contributed by atoms with E-state index in [1.807, 2.05) is 24.6 Å². The molecular formula is C28H31FN4O4S. The van der Waals surface area contributed by atoms with Gasteiger partial charge in [0.25, 0.3) is 10.0 Å². The van der Waals surface area contributed by atoms with Crippen molar-refractivity contribution in [3.8, 4) is 0 Å². The molecule has 0 spiro atoms. The van der Waals surface area contributed by atoms with Crippen molar-refractivity contribution in [2.24, 2.45) is 5.92 Å². The van der Waals surface area contributed by atoms with Crippen LogP contribution in [0.15, 0.2) is 84.0 Å². The highest BCUT2D eigenvalue weighted by Gasteiger charge is 2.33. The summed E-state index contributed by atoms with van der Waals surface area (Å²) in [6, 6.07) is 14.0. The Labute approximate surface area is 222 Å². The molecule has 0 aliphatic rings. The second-order valence-corrected chi connectivity index (χ2v) is 10.5. The SMILES string of the molecule is CCN(C(=O)C(Cc1cnn(CC=C(C)C)c1)C(=O)NS(=O)(=O)C=Cc1ccccc1)c1ccc(F)cc1. The minimum Gasteiger partial charge on any atom is -0.312 e. The van der Waals surface area contributed by atoms with Crippen molar-refractivity contribution in [3.05, 3.63) is 101 Å². The van der Waals surface area contributed by atoms with Crippen LogP contribution in [-0.4, -0.2) is 36.6 Å². The summed E-state index contributed by atoms with van der Waals surface area (Å²) >= 11 is 0. The van der Waals surface area contributed by atoms with Crippen molar-refractivity contribution < 1.29 is 22.4 Å². The molecular weight excluding hydrogens is 507 g/mol. The molecule has 0 saturated heterocycles. The zero-order chi connectivity index (χ0) is 27.7. The van der Waals surface area contributed by atoms with Gasteiger partial charge in [-0.3, -0.25) is 14.3 Å². The molecule has 0 saturated carbocycles. The molecule has 0 fully saturated rings. The Hall–Kier alpha value is -4.05. The second kappa shape index (κ2) is 13.0. The summed E-state index contributed by atoms with van der Waals surface area (Å²) in [5.74, 6) is -3.42. The summed E-state index contributed by atoms with van der Waals surface area (Å²) in [5.41, 5.74) is 2.73. The van der Waals surface area contributed by atoms with Crippen molar-refractivity contribution in [3.63, 3.8) is 0 Å². The van der Waals surface area contributed by atoms with Gasteiger partial charge in [-0.05, 0) is 68.7 Å². The zero-order valence-corrected chi connectivity index (χ0v) is 22.4. The van der Waals surface area contributed by atoms with Crippen molar-refractivity contribution in [1.82, 2.24) is 14.5 Å². The van der Waals surface area contributed by atoms with E-state index in [0.717, 1.165) is 11.0 Å². The van der Waals surface area contributed by atoms with Gasteiger partial charge in [-0.15, -0.1) is 0 Å². The van der Waals surface area contributed by atoms with Crippen LogP contribution in [0.2, 0.25) is 0 Å². The zero-order valence-electron chi connectivity index (χ0n) is 21.5. The third-order valence-corrected chi connectivity index (χ3v) is 6.61. The van der Waals surface area contributed by atoms with E-state index in [9.17, 15) is 22.4 Å². The monoisotopic (exact) mass is 538 g/mol. The van der Waals surface area contributed by atoms with Gasteiger partial charge in [0.2, 0.25) is 11.8 Å². The van der Waals surface area contributed by atoms with Crippen LogP contribution in [0.3, 0.4) is 0 Å². The van der Waals surface area contributed by atoms with Crippen LogP contribution >= 0.6 is 0 Å². The molecule has 0 bridgehead atoms. The minimum atomic E-state index is -4.19. The maximum atomic E-state index is 13.6. The number of amides is 2. The second-order valence-electron chi connectivity index (χ2n) is 8.89. The highest BCUT2D eigenvalue weighted by atomic mass is 32.2. The summed E-state index contributed by atoms with van der Waals surface area (Å²) in [5, 5.41) is 5.16. The van der Waals surface area contributed by atoms with Crippen LogP contribution in [0.1, 0.15) is 31.9 Å². The molecule has 200 valence electrons. The lowest BCUT2D eigenvalue weighted by Gasteiger charge is -2.25. The van der Waals surface area contributed by atoms with E-state index >= 15 is 0 Å². The first kappa shape index (κ1) is 28.5. The molecule has 10 heteroatoms. The largest absolute Gasteiger partial charge is 0.312 e. The predicted molar refractivity (Wildman–Crippen MR) is 146 cm³/mol. The van der Waals surface area contributed by atoms with E-state index in [1.54, 1.807) is 54.3 Å². The van der Waals surface area contributed by atoms with E-state index in [0.29, 0.717) is 23.4 Å². The highest BCUT2D eigenvalue weighted by Crippen LogP contribution is 2.20. The fraction of sp³-hybridized carbons (Fsp3) is 0.250. The van der Waals surface area contributed by atoms with Crippen LogP contribution in [0.25, 0.3) is 6.08 Å². The van der Waals surface area contributed by atoms with Gasteiger partial charge in [0.1, 0.15) is 11.7 Å². The van der Waals surface area contributed by atoms with E-state index < -0.39 is 33.6 Å². The molecule has 0 radical (unpaired) electrons. The number of anilines is 1.